The van der Waals surface area contributed by atoms with Crippen LogP contribution >= 0.6 is 0 Å². The van der Waals surface area contributed by atoms with Gasteiger partial charge < -0.3 is 19.6 Å². The number of amides is 2. The molecule has 2 amide bonds. The molecular weight excluding hydrogens is 348 g/mol. The lowest BCUT2D eigenvalue weighted by atomic mass is 10.1. The van der Waals surface area contributed by atoms with Crippen molar-refractivity contribution in [2.24, 2.45) is 0 Å². The molecule has 1 aliphatic heterocycles. The second kappa shape index (κ2) is 8.53. The van der Waals surface area contributed by atoms with Crippen molar-refractivity contribution in [3.8, 4) is 5.75 Å². The van der Waals surface area contributed by atoms with Gasteiger partial charge >= 0.3 is 5.97 Å². The van der Waals surface area contributed by atoms with Crippen molar-refractivity contribution in [1.82, 2.24) is 9.80 Å². The highest BCUT2D eigenvalue weighted by Gasteiger charge is 2.24. The van der Waals surface area contributed by atoms with Crippen LogP contribution in [0.5, 0.6) is 5.75 Å². The third kappa shape index (κ3) is 4.75. The fourth-order valence-electron chi connectivity index (χ4n) is 3.13. The number of carbonyl (C=O) groups is 3. The largest absolute Gasteiger partial charge is 0.483 e. The van der Waals surface area contributed by atoms with E-state index in [0.29, 0.717) is 31.9 Å². The highest BCUT2D eigenvalue weighted by Crippen LogP contribution is 2.25. The third-order valence-corrected chi connectivity index (χ3v) is 4.64. The summed E-state index contributed by atoms with van der Waals surface area (Å²) in [7, 11) is 0. The van der Waals surface area contributed by atoms with Gasteiger partial charge in [-0.1, -0.05) is 36.4 Å². The molecule has 0 saturated carbocycles. The second-order valence-electron chi connectivity index (χ2n) is 6.42. The number of benzene rings is 2. The van der Waals surface area contributed by atoms with E-state index >= 15 is 0 Å². The zero-order valence-corrected chi connectivity index (χ0v) is 15.0. The minimum absolute atomic E-state index is 0.00648. The number of nitrogens with zero attached hydrogens (tertiary/aromatic N) is 2. The van der Waals surface area contributed by atoms with Crippen LogP contribution in [-0.4, -0.2) is 65.5 Å². The predicted molar refractivity (Wildman–Crippen MR) is 99.5 cm³/mol. The van der Waals surface area contributed by atoms with E-state index in [4.69, 9.17) is 9.84 Å². The number of carbonyl (C=O) groups excluding carboxylic acids is 2. The lowest BCUT2D eigenvalue weighted by Crippen LogP contribution is -2.51. The molecule has 0 bridgehead atoms. The van der Waals surface area contributed by atoms with Crippen molar-refractivity contribution in [3.63, 3.8) is 0 Å². The molecule has 0 spiro atoms. The molecule has 0 aromatic heterocycles. The summed E-state index contributed by atoms with van der Waals surface area (Å²) in [4.78, 5) is 38.2. The number of carboxylic acids is 1. The molecule has 3 rings (SSSR count). The first-order chi connectivity index (χ1) is 13.0. The van der Waals surface area contributed by atoms with Crippen LogP contribution in [0.15, 0.2) is 42.5 Å². The molecule has 1 fully saturated rings. The van der Waals surface area contributed by atoms with Crippen LogP contribution in [0, 0.1) is 0 Å². The summed E-state index contributed by atoms with van der Waals surface area (Å²) in [6.07, 6.45) is -0.176. The molecule has 1 N–H and O–H groups in total. The van der Waals surface area contributed by atoms with E-state index in [-0.39, 0.29) is 31.3 Å². The number of ether oxygens (including phenoxy) is 1. The van der Waals surface area contributed by atoms with Crippen LogP contribution in [0.4, 0.5) is 0 Å². The quantitative estimate of drug-likeness (QED) is 0.837. The normalized spacial score (nSPS) is 14.2. The SMILES string of the molecule is O=C(O)CCC(=O)N1CCN(C(=O)COc2cccc3ccccc23)CC1. The van der Waals surface area contributed by atoms with Gasteiger partial charge in [0.05, 0.1) is 6.42 Å². The van der Waals surface area contributed by atoms with Crippen LogP contribution in [0.2, 0.25) is 0 Å². The van der Waals surface area contributed by atoms with Gasteiger partial charge in [-0.05, 0) is 11.5 Å². The number of aliphatic carboxylic acids is 1. The molecule has 7 nitrogen and oxygen atoms in total. The lowest BCUT2D eigenvalue weighted by Gasteiger charge is -2.34. The molecule has 7 heteroatoms. The number of piperazine rings is 1. The molecule has 2 aromatic carbocycles. The van der Waals surface area contributed by atoms with Crippen LogP contribution < -0.4 is 4.74 Å². The molecule has 0 unspecified atom stereocenters. The van der Waals surface area contributed by atoms with Crippen molar-refractivity contribution >= 4 is 28.6 Å². The second-order valence-corrected chi connectivity index (χ2v) is 6.42. The van der Waals surface area contributed by atoms with Crippen molar-refractivity contribution in [2.75, 3.05) is 32.8 Å². The number of carboxylic acid groups (broad SMARTS) is 1. The van der Waals surface area contributed by atoms with Gasteiger partial charge in [-0.25, -0.2) is 0 Å². The Morgan fingerprint density at radius 1 is 0.852 bits per heavy atom. The van der Waals surface area contributed by atoms with Crippen LogP contribution in [0.25, 0.3) is 10.8 Å². The average molecular weight is 370 g/mol. The maximum Gasteiger partial charge on any atom is 0.303 e. The Labute approximate surface area is 157 Å². The van der Waals surface area contributed by atoms with E-state index in [2.05, 4.69) is 0 Å². The summed E-state index contributed by atoms with van der Waals surface area (Å²) in [6, 6.07) is 13.6. The topological polar surface area (TPSA) is 87.2 Å². The number of hydrogen-bond acceptors (Lipinski definition) is 4. The number of rotatable bonds is 6. The van der Waals surface area contributed by atoms with Gasteiger partial charge in [0.25, 0.3) is 5.91 Å². The molecule has 0 aliphatic carbocycles. The summed E-state index contributed by atoms with van der Waals surface area (Å²) in [6.45, 7) is 1.63. The lowest BCUT2D eigenvalue weighted by molar-refractivity contribution is -0.143. The molecule has 2 aromatic rings. The minimum atomic E-state index is -0.984. The van der Waals surface area contributed by atoms with Crippen molar-refractivity contribution < 1.29 is 24.2 Å². The molecule has 0 atom stereocenters. The Balaban J connectivity index is 1.50. The molecule has 142 valence electrons. The third-order valence-electron chi connectivity index (χ3n) is 4.64. The minimum Gasteiger partial charge on any atom is -0.483 e. The van der Waals surface area contributed by atoms with Crippen molar-refractivity contribution in [3.05, 3.63) is 42.5 Å². The summed E-state index contributed by atoms with van der Waals surface area (Å²) in [5.74, 6) is -0.622. The molecule has 27 heavy (non-hydrogen) atoms. The number of fused-ring (bicyclic) bond motifs is 1. The van der Waals surface area contributed by atoms with E-state index in [1.54, 1.807) is 9.80 Å². The van der Waals surface area contributed by atoms with Gasteiger partial charge in [0.15, 0.2) is 6.61 Å². The summed E-state index contributed by atoms with van der Waals surface area (Å²) < 4.78 is 5.74. The average Bonchev–Trinajstić information content (AvgIpc) is 2.70. The zero-order valence-electron chi connectivity index (χ0n) is 15.0. The molecule has 1 saturated heterocycles. The standard InChI is InChI=1S/C20H22N2O5/c23-18(8-9-20(25)26)21-10-12-22(13-11-21)19(24)14-27-17-7-3-5-15-4-1-2-6-16(15)17/h1-7H,8-14H2,(H,25,26). The highest BCUT2D eigenvalue weighted by molar-refractivity contribution is 5.88. The van der Waals surface area contributed by atoms with Gasteiger partial charge in [0.2, 0.25) is 5.91 Å². The van der Waals surface area contributed by atoms with Crippen LogP contribution in [0.1, 0.15) is 12.8 Å². The maximum absolute atomic E-state index is 12.4. The van der Waals surface area contributed by atoms with Crippen molar-refractivity contribution in [1.29, 1.82) is 0 Å². The fourth-order valence-corrected chi connectivity index (χ4v) is 3.13. The van der Waals surface area contributed by atoms with E-state index in [0.717, 1.165) is 10.8 Å². The van der Waals surface area contributed by atoms with Crippen LogP contribution in [-0.2, 0) is 14.4 Å². The smallest absolute Gasteiger partial charge is 0.303 e. The van der Waals surface area contributed by atoms with Crippen LogP contribution in [0.3, 0.4) is 0 Å². The molecule has 1 aliphatic rings. The van der Waals surface area contributed by atoms with Gasteiger partial charge in [0.1, 0.15) is 5.75 Å². The van der Waals surface area contributed by atoms with Crippen molar-refractivity contribution in [2.45, 2.75) is 12.8 Å². The Hall–Kier alpha value is -3.09. The molecule has 1 heterocycles. The summed E-state index contributed by atoms with van der Waals surface area (Å²) >= 11 is 0. The summed E-state index contributed by atoms with van der Waals surface area (Å²) in [5.41, 5.74) is 0. The summed E-state index contributed by atoms with van der Waals surface area (Å²) in [5, 5.41) is 10.7. The fraction of sp³-hybridized carbons (Fsp3) is 0.350. The van der Waals surface area contributed by atoms with E-state index in [1.165, 1.54) is 0 Å². The molecule has 0 radical (unpaired) electrons. The first-order valence-corrected chi connectivity index (χ1v) is 8.92. The zero-order chi connectivity index (χ0) is 19.2. The monoisotopic (exact) mass is 370 g/mol. The van der Waals surface area contributed by atoms with E-state index in [1.807, 2.05) is 42.5 Å². The number of hydrogen-bond donors (Lipinski definition) is 1. The molecular formula is C20H22N2O5. The Morgan fingerprint density at radius 2 is 1.48 bits per heavy atom. The first-order valence-electron chi connectivity index (χ1n) is 8.92. The predicted octanol–water partition coefficient (Wildman–Crippen LogP) is 1.75. The Kier molecular flexibility index (Phi) is 5.90. The van der Waals surface area contributed by atoms with E-state index in [9.17, 15) is 14.4 Å². The highest BCUT2D eigenvalue weighted by atomic mass is 16.5. The van der Waals surface area contributed by atoms with Gasteiger partial charge in [-0.2, -0.15) is 0 Å². The Bertz CT molecular complexity index is 838. The van der Waals surface area contributed by atoms with Gasteiger partial charge in [-0.15, -0.1) is 0 Å². The van der Waals surface area contributed by atoms with Gasteiger partial charge in [-0.3, -0.25) is 14.4 Å². The Morgan fingerprint density at radius 3 is 2.19 bits per heavy atom. The maximum atomic E-state index is 12.4. The first kappa shape index (κ1) is 18.7. The van der Waals surface area contributed by atoms with Gasteiger partial charge in [0, 0.05) is 38.0 Å². The van der Waals surface area contributed by atoms with E-state index < -0.39 is 5.97 Å².